The summed E-state index contributed by atoms with van der Waals surface area (Å²) in [5.41, 5.74) is 0.135. The van der Waals surface area contributed by atoms with E-state index in [0.717, 1.165) is 0 Å². The van der Waals surface area contributed by atoms with Gasteiger partial charge in [-0.3, -0.25) is 10.1 Å². The van der Waals surface area contributed by atoms with Crippen LogP contribution in [0.1, 0.15) is 20.3 Å². The van der Waals surface area contributed by atoms with E-state index in [9.17, 15) is 18.5 Å². The molecule has 21 heavy (non-hydrogen) atoms. The molecule has 1 aliphatic rings. The zero-order valence-electron chi connectivity index (χ0n) is 11.9. The van der Waals surface area contributed by atoms with Crippen LogP contribution in [0.5, 0.6) is 5.75 Å². The Balaban J connectivity index is 2.28. The monoisotopic (exact) mass is 314 g/mol. The number of hydrogen-bond acceptors (Lipinski definition) is 6. The Morgan fingerprint density at radius 1 is 1.43 bits per heavy atom. The molecule has 2 rings (SSSR count). The highest BCUT2D eigenvalue weighted by Gasteiger charge is 2.30. The van der Waals surface area contributed by atoms with Gasteiger partial charge in [-0.05, 0) is 32.4 Å². The largest absolute Gasteiger partial charge is 0.484 e. The molecular weight excluding hydrogens is 296 g/mol. The summed E-state index contributed by atoms with van der Waals surface area (Å²) in [6.45, 7) is 3.57. The number of hydrogen-bond donors (Lipinski definition) is 1. The number of sulfone groups is 1. The van der Waals surface area contributed by atoms with Gasteiger partial charge in [0.05, 0.1) is 22.5 Å². The van der Waals surface area contributed by atoms with Crippen LogP contribution in [0.25, 0.3) is 0 Å². The maximum atomic E-state index is 11.5. The maximum Gasteiger partial charge on any atom is 0.333 e. The normalized spacial score (nSPS) is 20.4. The molecule has 8 heteroatoms. The van der Waals surface area contributed by atoms with Crippen molar-refractivity contribution in [1.82, 2.24) is 0 Å². The molecule has 0 radical (unpaired) electrons. The smallest absolute Gasteiger partial charge is 0.333 e. The molecule has 1 N–H and O–H groups in total. The van der Waals surface area contributed by atoms with Gasteiger partial charge in [-0.15, -0.1) is 0 Å². The first-order valence-corrected chi connectivity index (χ1v) is 8.51. The van der Waals surface area contributed by atoms with Crippen molar-refractivity contribution in [3.63, 3.8) is 0 Å². The topological polar surface area (TPSA) is 98.5 Å². The fourth-order valence-corrected chi connectivity index (χ4v) is 3.98. The van der Waals surface area contributed by atoms with Crippen molar-refractivity contribution in [2.75, 3.05) is 16.8 Å². The van der Waals surface area contributed by atoms with Crippen molar-refractivity contribution in [2.24, 2.45) is 0 Å². The van der Waals surface area contributed by atoms with Crippen molar-refractivity contribution in [2.45, 2.75) is 32.4 Å². The van der Waals surface area contributed by atoms with Crippen LogP contribution in [0.3, 0.4) is 0 Å². The number of nitrogens with zero attached hydrogens (tertiary/aromatic N) is 1. The summed E-state index contributed by atoms with van der Waals surface area (Å²) in [6.07, 6.45) is 0.264. The van der Waals surface area contributed by atoms with Crippen LogP contribution in [0, 0.1) is 10.1 Å². The summed E-state index contributed by atoms with van der Waals surface area (Å²) < 4.78 is 28.4. The van der Waals surface area contributed by atoms with Crippen molar-refractivity contribution < 1.29 is 18.1 Å². The van der Waals surface area contributed by atoms with Crippen molar-refractivity contribution in [3.05, 3.63) is 28.3 Å². The minimum Gasteiger partial charge on any atom is -0.484 e. The molecule has 1 aromatic carbocycles. The Bertz CT molecular complexity index is 642. The lowest BCUT2D eigenvalue weighted by atomic mass is 10.2. The highest BCUT2D eigenvalue weighted by Crippen LogP contribution is 2.36. The lowest BCUT2D eigenvalue weighted by Gasteiger charge is -2.15. The van der Waals surface area contributed by atoms with E-state index in [4.69, 9.17) is 4.74 Å². The molecule has 0 bridgehead atoms. The van der Waals surface area contributed by atoms with Crippen LogP contribution in [-0.4, -0.2) is 37.0 Å². The number of rotatable bonds is 5. The lowest BCUT2D eigenvalue weighted by molar-refractivity contribution is -0.385. The van der Waals surface area contributed by atoms with E-state index in [-0.39, 0.29) is 35.1 Å². The predicted octanol–water partition coefficient (Wildman–Crippen LogP) is 1.98. The Morgan fingerprint density at radius 2 is 2.14 bits per heavy atom. The zero-order valence-corrected chi connectivity index (χ0v) is 12.7. The molecule has 1 heterocycles. The minimum atomic E-state index is -3.04. The average Bonchev–Trinajstić information content (AvgIpc) is 2.67. The van der Waals surface area contributed by atoms with Crippen LogP contribution in [0.15, 0.2) is 18.2 Å². The first kappa shape index (κ1) is 15.6. The first-order valence-electron chi connectivity index (χ1n) is 6.69. The number of nitro benzene ring substituents is 1. The number of anilines is 1. The van der Waals surface area contributed by atoms with Gasteiger partial charge < -0.3 is 10.1 Å². The minimum absolute atomic E-state index is 0.000576. The molecule has 0 aliphatic carbocycles. The molecule has 0 amide bonds. The Labute approximate surface area is 123 Å². The third kappa shape index (κ3) is 3.84. The van der Waals surface area contributed by atoms with E-state index >= 15 is 0 Å². The maximum absolute atomic E-state index is 11.5. The summed E-state index contributed by atoms with van der Waals surface area (Å²) >= 11 is 0. The van der Waals surface area contributed by atoms with Gasteiger partial charge in [-0.1, -0.05) is 6.07 Å². The van der Waals surface area contributed by atoms with E-state index in [1.54, 1.807) is 26.0 Å². The second kappa shape index (κ2) is 5.88. The van der Waals surface area contributed by atoms with E-state index in [0.29, 0.717) is 12.1 Å². The zero-order chi connectivity index (χ0) is 15.6. The molecule has 116 valence electrons. The molecule has 1 fully saturated rings. The highest BCUT2D eigenvalue weighted by atomic mass is 32.2. The Kier molecular flexibility index (Phi) is 4.36. The average molecular weight is 314 g/mol. The summed E-state index contributed by atoms with van der Waals surface area (Å²) in [5, 5.41) is 14.3. The SMILES string of the molecule is CC(C)Oc1cccc(NC2CCS(=O)(=O)C2)c1[N+](=O)[O-]. The Hall–Kier alpha value is -1.83. The molecule has 0 aromatic heterocycles. The summed E-state index contributed by atoms with van der Waals surface area (Å²) in [6, 6.07) is 4.45. The highest BCUT2D eigenvalue weighted by molar-refractivity contribution is 7.91. The van der Waals surface area contributed by atoms with Crippen molar-refractivity contribution >= 4 is 21.2 Å². The van der Waals surface area contributed by atoms with Gasteiger partial charge in [-0.25, -0.2) is 8.42 Å². The van der Waals surface area contributed by atoms with Gasteiger partial charge in [0.1, 0.15) is 5.69 Å². The molecule has 1 atom stereocenters. The first-order chi connectivity index (χ1) is 9.78. The van der Waals surface area contributed by atoms with E-state index < -0.39 is 14.8 Å². The van der Waals surface area contributed by atoms with Crippen LogP contribution < -0.4 is 10.1 Å². The van der Waals surface area contributed by atoms with Crippen molar-refractivity contribution in [1.29, 1.82) is 0 Å². The van der Waals surface area contributed by atoms with Crippen LogP contribution >= 0.6 is 0 Å². The van der Waals surface area contributed by atoms with E-state index in [2.05, 4.69) is 5.32 Å². The lowest BCUT2D eigenvalue weighted by Crippen LogP contribution is -2.21. The van der Waals surface area contributed by atoms with Gasteiger partial charge >= 0.3 is 5.69 Å². The van der Waals surface area contributed by atoms with Crippen LogP contribution in [0.2, 0.25) is 0 Å². The fraction of sp³-hybridized carbons (Fsp3) is 0.538. The number of para-hydroxylation sites is 1. The van der Waals surface area contributed by atoms with Gasteiger partial charge in [0.2, 0.25) is 0 Å². The van der Waals surface area contributed by atoms with Gasteiger partial charge in [0, 0.05) is 6.04 Å². The van der Waals surface area contributed by atoms with Gasteiger partial charge in [0.15, 0.2) is 15.6 Å². The number of nitrogens with one attached hydrogen (secondary N) is 1. The van der Waals surface area contributed by atoms with E-state index in [1.807, 2.05) is 0 Å². The van der Waals surface area contributed by atoms with Crippen LogP contribution in [0.4, 0.5) is 11.4 Å². The number of nitro groups is 1. The van der Waals surface area contributed by atoms with Crippen LogP contribution in [-0.2, 0) is 9.84 Å². The standard InChI is InChI=1S/C13H18N2O5S/c1-9(2)20-12-5-3-4-11(13(12)15(16)17)14-10-6-7-21(18,19)8-10/h3-5,9-10,14H,6-8H2,1-2H3. The predicted molar refractivity (Wildman–Crippen MR) is 79.5 cm³/mol. The molecule has 7 nitrogen and oxygen atoms in total. The molecule has 0 saturated carbocycles. The molecular formula is C13H18N2O5S. The molecule has 1 unspecified atom stereocenters. The summed E-state index contributed by atoms with van der Waals surface area (Å²) in [4.78, 5) is 10.8. The number of ether oxygens (including phenoxy) is 1. The second-order valence-electron chi connectivity index (χ2n) is 5.32. The summed E-state index contributed by atoms with van der Waals surface area (Å²) in [5.74, 6) is 0.293. The quantitative estimate of drug-likeness (QED) is 0.659. The van der Waals surface area contributed by atoms with Gasteiger partial charge in [0.25, 0.3) is 0 Å². The molecule has 1 saturated heterocycles. The molecule has 1 aliphatic heterocycles. The summed E-state index contributed by atoms with van der Waals surface area (Å²) in [7, 11) is -3.04. The number of benzene rings is 1. The van der Waals surface area contributed by atoms with E-state index in [1.165, 1.54) is 6.07 Å². The third-order valence-electron chi connectivity index (χ3n) is 3.14. The Morgan fingerprint density at radius 3 is 2.67 bits per heavy atom. The molecule has 1 aromatic rings. The molecule has 0 spiro atoms. The van der Waals surface area contributed by atoms with Gasteiger partial charge in [-0.2, -0.15) is 0 Å². The van der Waals surface area contributed by atoms with Crippen molar-refractivity contribution in [3.8, 4) is 5.75 Å². The third-order valence-corrected chi connectivity index (χ3v) is 4.90. The second-order valence-corrected chi connectivity index (χ2v) is 7.55. The fourth-order valence-electron chi connectivity index (χ4n) is 2.30.